The molecule has 0 aliphatic heterocycles. The molecule has 0 bridgehead atoms. The highest BCUT2D eigenvalue weighted by molar-refractivity contribution is 9.10. The summed E-state index contributed by atoms with van der Waals surface area (Å²) in [4.78, 5) is 20.0. The number of urea groups is 1. The topological polar surface area (TPSA) is 45.2 Å². The van der Waals surface area contributed by atoms with Crippen LogP contribution in [0, 0.1) is 5.82 Å². The van der Waals surface area contributed by atoms with Gasteiger partial charge in [-0.05, 0) is 88.7 Å². The van der Waals surface area contributed by atoms with Gasteiger partial charge in [0.25, 0.3) is 0 Å². The lowest BCUT2D eigenvalue weighted by molar-refractivity contribution is 0.259. The van der Waals surface area contributed by atoms with Crippen molar-refractivity contribution in [2.24, 2.45) is 0 Å². The summed E-state index contributed by atoms with van der Waals surface area (Å²) in [5.74, 6) is -0.229. The summed E-state index contributed by atoms with van der Waals surface area (Å²) in [6.45, 7) is 0. The Labute approximate surface area is 235 Å². The number of carbonyl (C=O) groups excluding carboxylic acids is 1. The monoisotopic (exact) mass is 613 g/mol. The van der Waals surface area contributed by atoms with Gasteiger partial charge in [0.05, 0.1) is 15.9 Å². The number of carbonyl (C=O) groups is 1. The third-order valence-electron chi connectivity index (χ3n) is 5.60. The SMILES string of the molecule is O=C(Nc1ccc(Cl)cc1)N(c1ccc(Cl)cc1)c1nc(-c2ccc(Cl)cc2)c(Br)c2ccc(F)cc12. The number of hydrogen-bond acceptors (Lipinski definition) is 2. The fourth-order valence-electron chi connectivity index (χ4n) is 3.84. The van der Waals surface area contributed by atoms with Crippen LogP contribution in [0.5, 0.6) is 0 Å². The highest BCUT2D eigenvalue weighted by Crippen LogP contribution is 2.40. The first kappa shape index (κ1) is 25.5. The largest absolute Gasteiger partial charge is 0.332 e. The Hall–Kier alpha value is -3.16. The smallest absolute Gasteiger partial charge is 0.307 e. The Kier molecular flexibility index (Phi) is 7.36. The molecule has 0 aliphatic carbocycles. The normalized spacial score (nSPS) is 10.9. The summed E-state index contributed by atoms with van der Waals surface area (Å²) >= 11 is 21.9. The van der Waals surface area contributed by atoms with Gasteiger partial charge in [-0.25, -0.2) is 19.1 Å². The molecule has 0 aliphatic rings. The molecule has 184 valence electrons. The van der Waals surface area contributed by atoms with E-state index in [2.05, 4.69) is 21.2 Å². The molecular weight excluding hydrogens is 600 g/mol. The zero-order valence-electron chi connectivity index (χ0n) is 18.9. The number of rotatable bonds is 4. The first-order valence-electron chi connectivity index (χ1n) is 11.0. The van der Waals surface area contributed by atoms with Gasteiger partial charge in [-0.3, -0.25) is 0 Å². The number of nitrogens with zero attached hydrogens (tertiary/aromatic N) is 2. The average Bonchev–Trinajstić information content (AvgIpc) is 2.88. The summed E-state index contributed by atoms with van der Waals surface area (Å²) in [5.41, 5.74) is 2.33. The van der Waals surface area contributed by atoms with Crippen molar-refractivity contribution < 1.29 is 9.18 Å². The maximum Gasteiger partial charge on any atom is 0.332 e. The van der Waals surface area contributed by atoms with E-state index >= 15 is 0 Å². The molecular formula is C28H16BrCl3FN3O. The molecule has 5 aromatic rings. The van der Waals surface area contributed by atoms with Crippen LogP contribution in [0.3, 0.4) is 0 Å². The molecule has 9 heteroatoms. The zero-order valence-corrected chi connectivity index (χ0v) is 22.7. The molecule has 0 unspecified atom stereocenters. The van der Waals surface area contributed by atoms with Crippen molar-refractivity contribution in [1.29, 1.82) is 0 Å². The minimum atomic E-state index is -0.507. The van der Waals surface area contributed by atoms with Crippen LogP contribution in [-0.2, 0) is 0 Å². The minimum Gasteiger partial charge on any atom is -0.307 e. The van der Waals surface area contributed by atoms with Gasteiger partial charge in [-0.2, -0.15) is 0 Å². The predicted octanol–water partition coefficient (Wildman–Crippen LogP) is 10.1. The van der Waals surface area contributed by atoms with E-state index in [-0.39, 0.29) is 5.82 Å². The molecule has 0 spiro atoms. The van der Waals surface area contributed by atoms with E-state index < -0.39 is 11.8 Å². The summed E-state index contributed by atoms with van der Waals surface area (Å²) in [7, 11) is 0. The molecule has 0 radical (unpaired) electrons. The van der Waals surface area contributed by atoms with Crippen molar-refractivity contribution in [3.63, 3.8) is 0 Å². The predicted molar refractivity (Wildman–Crippen MR) is 154 cm³/mol. The van der Waals surface area contributed by atoms with E-state index in [1.807, 2.05) is 12.1 Å². The lowest BCUT2D eigenvalue weighted by Crippen LogP contribution is -2.31. The average molecular weight is 616 g/mol. The second-order valence-corrected chi connectivity index (χ2v) is 10.1. The summed E-state index contributed by atoms with van der Waals surface area (Å²) in [6, 6.07) is 24.5. The van der Waals surface area contributed by atoms with Gasteiger partial charge in [-0.15, -0.1) is 0 Å². The van der Waals surface area contributed by atoms with Crippen molar-refractivity contribution in [2.75, 3.05) is 10.2 Å². The van der Waals surface area contributed by atoms with Gasteiger partial charge in [0, 0.05) is 37.1 Å². The van der Waals surface area contributed by atoms with E-state index in [4.69, 9.17) is 39.8 Å². The number of halogens is 5. The van der Waals surface area contributed by atoms with E-state index in [9.17, 15) is 9.18 Å². The van der Waals surface area contributed by atoms with Crippen LogP contribution in [0.2, 0.25) is 15.1 Å². The number of aromatic nitrogens is 1. The van der Waals surface area contributed by atoms with Crippen LogP contribution in [0.1, 0.15) is 0 Å². The van der Waals surface area contributed by atoms with Crippen molar-refractivity contribution in [1.82, 2.24) is 4.98 Å². The second kappa shape index (κ2) is 10.7. The number of anilines is 3. The standard InChI is InChI=1S/C28H16BrCl3FN3O/c29-25-23-14-9-20(33)15-24(23)27(35-26(25)16-1-3-17(30)4-2-16)36(22-12-7-19(32)8-13-22)28(37)34-21-10-5-18(31)6-11-21/h1-15H,(H,34,37). The van der Waals surface area contributed by atoms with Crippen LogP contribution in [0.25, 0.3) is 22.0 Å². The fourth-order valence-corrected chi connectivity index (χ4v) is 4.88. The van der Waals surface area contributed by atoms with Gasteiger partial charge in [-0.1, -0.05) is 53.0 Å². The van der Waals surface area contributed by atoms with Crippen molar-refractivity contribution >= 4 is 84.7 Å². The van der Waals surface area contributed by atoms with Crippen molar-refractivity contribution in [2.45, 2.75) is 0 Å². The van der Waals surface area contributed by atoms with Crippen molar-refractivity contribution in [3.05, 3.63) is 116 Å². The molecule has 1 heterocycles. The Bertz CT molecular complexity index is 1610. The van der Waals surface area contributed by atoms with Crippen LogP contribution in [0.15, 0.2) is 95.5 Å². The quantitative estimate of drug-likeness (QED) is 0.219. The van der Waals surface area contributed by atoms with Gasteiger partial charge in [0.15, 0.2) is 0 Å². The molecule has 0 fully saturated rings. The Morgan fingerprint density at radius 2 is 1.35 bits per heavy atom. The first-order valence-corrected chi connectivity index (χ1v) is 12.9. The number of benzene rings is 4. The lowest BCUT2D eigenvalue weighted by atomic mass is 10.1. The van der Waals surface area contributed by atoms with Crippen LogP contribution < -0.4 is 10.2 Å². The number of amides is 2. The molecule has 0 atom stereocenters. The molecule has 0 saturated heterocycles. The Balaban J connectivity index is 1.75. The van der Waals surface area contributed by atoms with Gasteiger partial charge >= 0.3 is 6.03 Å². The summed E-state index contributed by atoms with van der Waals surface area (Å²) in [6.07, 6.45) is 0. The molecule has 2 amide bonds. The molecule has 4 aromatic carbocycles. The van der Waals surface area contributed by atoms with Crippen LogP contribution >= 0.6 is 50.7 Å². The molecule has 1 aromatic heterocycles. The molecule has 5 rings (SSSR count). The third-order valence-corrected chi connectivity index (χ3v) is 7.16. The van der Waals surface area contributed by atoms with Gasteiger partial charge in [0.2, 0.25) is 0 Å². The molecule has 1 N–H and O–H groups in total. The third kappa shape index (κ3) is 5.43. The highest BCUT2D eigenvalue weighted by atomic mass is 79.9. The molecule has 0 saturated carbocycles. The van der Waals surface area contributed by atoms with Crippen molar-refractivity contribution in [3.8, 4) is 11.3 Å². The fraction of sp³-hybridized carbons (Fsp3) is 0. The number of hydrogen-bond donors (Lipinski definition) is 1. The lowest BCUT2D eigenvalue weighted by Gasteiger charge is -2.25. The minimum absolute atomic E-state index is 0.233. The number of nitrogens with one attached hydrogen (secondary N) is 1. The highest BCUT2D eigenvalue weighted by Gasteiger charge is 2.25. The number of fused-ring (bicyclic) bond motifs is 1. The van der Waals surface area contributed by atoms with Gasteiger partial charge in [0.1, 0.15) is 11.6 Å². The maximum absolute atomic E-state index is 14.5. The van der Waals surface area contributed by atoms with E-state index in [1.54, 1.807) is 66.7 Å². The maximum atomic E-state index is 14.5. The van der Waals surface area contributed by atoms with Crippen LogP contribution in [0.4, 0.5) is 26.4 Å². The first-order chi connectivity index (χ1) is 17.8. The van der Waals surface area contributed by atoms with E-state index in [0.717, 1.165) is 5.56 Å². The number of pyridine rings is 1. The Morgan fingerprint density at radius 1 is 0.784 bits per heavy atom. The van der Waals surface area contributed by atoms with E-state index in [0.29, 0.717) is 47.4 Å². The van der Waals surface area contributed by atoms with Crippen LogP contribution in [-0.4, -0.2) is 11.0 Å². The van der Waals surface area contributed by atoms with E-state index in [1.165, 1.54) is 17.0 Å². The Morgan fingerprint density at radius 3 is 1.97 bits per heavy atom. The molecule has 4 nitrogen and oxygen atoms in total. The zero-order chi connectivity index (χ0) is 26.1. The second-order valence-electron chi connectivity index (χ2n) is 8.04. The summed E-state index contributed by atoms with van der Waals surface area (Å²) < 4.78 is 15.2. The van der Waals surface area contributed by atoms with Gasteiger partial charge < -0.3 is 5.32 Å². The summed E-state index contributed by atoms with van der Waals surface area (Å²) in [5, 5.41) is 5.60. The molecule has 37 heavy (non-hydrogen) atoms.